The SMILES string of the molecule is Cc1ncc(C(C)NC(=O)c2cc(OC3CCN(CC(F)F)CC3)cc(-c3ncc(C)s3)c2)cn1. The van der Waals surface area contributed by atoms with Crippen LogP contribution >= 0.6 is 11.3 Å². The van der Waals surface area contributed by atoms with Crippen molar-refractivity contribution in [2.75, 3.05) is 19.6 Å². The third kappa shape index (κ3) is 6.79. The number of nitrogens with one attached hydrogen (secondary N) is 1. The number of thiazole rings is 1. The predicted molar refractivity (Wildman–Crippen MR) is 131 cm³/mol. The third-order valence-electron chi connectivity index (χ3n) is 5.92. The van der Waals surface area contributed by atoms with Crippen molar-refractivity contribution in [3.63, 3.8) is 0 Å². The van der Waals surface area contributed by atoms with Gasteiger partial charge in [-0.05, 0) is 51.8 Å². The van der Waals surface area contributed by atoms with Crippen LogP contribution in [0.25, 0.3) is 10.6 Å². The van der Waals surface area contributed by atoms with Crippen LogP contribution in [0.15, 0.2) is 36.8 Å². The first kappa shape index (κ1) is 25.1. The van der Waals surface area contributed by atoms with Crippen molar-refractivity contribution in [2.24, 2.45) is 0 Å². The van der Waals surface area contributed by atoms with E-state index in [4.69, 9.17) is 4.74 Å². The van der Waals surface area contributed by atoms with E-state index >= 15 is 0 Å². The fourth-order valence-electron chi connectivity index (χ4n) is 4.00. The number of hydrogen-bond acceptors (Lipinski definition) is 7. The van der Waals surface area contributed by atoms with Crippen LogP contribution in [-0.2, 0) is 0 Å². The number of hydrogen-bond donors (Lipinski definition) is 1. The molecule has 1 unspecified atom stereocenters. The number of piperidine rings is 1. The van der Waals surface area contributed by atoms with E-state index in [1.54, 1.807) is 40.9 Å². The van der Waals surface area contributed by atoms with E-state index in [1.807, 2.05) is 32.9 Å². The Labute approximate surface area is 207 Å². The molecule has 1 fully saturated rings. The Hall–Kier alpha value is -2.98. The fourth-order valence-corrected chi connectivity index (χ4v) is 4.75. The van der Waals surface area contributed by atoms with E-state index in [0.29, 0.717) is 43.1 Å². The van der Waals surface area contributed by atoms with Gasteiger partial charge >= 0.3 is 0 Å². The normalized spacial score (nSPS) is 15.8. The lowest BCUT2D eigenvalue weighted by atomic mass is 10.1. The number of ether oxygens (including phenoxy) is 1. The molecule has 0 saturated carbocycles. The van der Waals surface area contributed by atoms with Gasteiger partial charge in [-0.15, -0.1) is 11.3 Å². The molecule has 0 bridgehead atoms. The van der Waals surface area contributed by atoms with Crippen molar-refractivity contribution >= 4 is 17.2 Å². The van der Waals surface area contributed by atoms with Crippen LogP contribution in [0.2, 0.25) is 0 Å². The van der Waals surface area contributed by atoms with Gasteiger partial charge in [0.15, 0.2) is 0 Å². The highest BCUT2D eigenvalue weighted by molar-refractivity contribution is 7.14. The first-order valence-corrected chi connectivity index (χ1v) is 12.4. The average Bonchev–Trinajstić information content (AvgIpc) is 3.26. The highest BCUT2D eigenvalue weighted by atomic mass is 32.1. The summed E-state index contributed by atoms with van der Waals surface area (Å²) in [6, 6.07) is 5.14. The standard InChI is InChI=1S/C25H29F2N5O2S/c1-15-11-30-25(35-15)19-8-18(24(33)31-16(2)20-12-28-17(3)29-13-20)9-22(10-19)34-21-4-6-32(7-5-21)14-23(26)27/h8-13,16,21,23H,4-7,14H2,1-3H3,(H,31,33). The Morgan fingerprint density at radius 3 is 2.49 bits per heavy atom. The summed E-state index contributed by atoms with van der Waals surface area (Å²) >= 11 is 1.54. The number of benzene rings is 1. The molecule has 1 atom stereocenters. The number of aromatic nitrogens is 3. The van der Waals surface area contributed by atoms with Gasteiger partial charge < -0.3 is 10.1 Å². The van der Waals surface area contributed by atoms with E-state index in [0.717, 1.165) is 21.0 Å². The lowest BCUT2D eigenvalue weighted by Gasteiger charge is -2.32. The number of amides is 1. The molecule has 4 rings (SSSR count). The Kier molecular flexibility index (Phi) is 8.02. The van der Waals surface area contributed by atoms with E-state index in [-0.39, 0.29) is 24.6 Å². The fraction of sp³-hybridized carbons (Fsp3) is 0.440. The van der Waals surface area contributed by atoms with Crippen LogP contribution in [-0.4, -0.2) is 57.9 Å². The second kappa shape index (κ2) is 11.2. The van der Waals surface area contributed by atoms with Crippen molar-refractivity contribution in [3.05, 3.63) is 58.6 Å². The number of rotatable bonds is 8. The molecule has 1 aromatic carbocycles. The number of carbonyl (C=O) groups excluding carboxylic acids is 1. The lowest BCUT2D eigenvalue weighted by Crippen LogP contribution is -2.40. The molecule has 3 aromatic rings. The third-order valence-corrected chi connectivity index (χ3v) is 6.88. The van der Waals surface area contributed by atoms with Crippen molar-refractivity contribution in [3.8, 4) is 16.3 Å². The number of nitrogens with zero attached hydrogens (tertiary/aromatic N) is 4. The maximum Gasteiger partial charge on any atom is 0.251 e. The molecule has 1 saturated heterocycles. The van der Waals surface area contributed by atoms with Crippen LogP contribution in [0.5, 0.6) is 5.75 Å². The van der Waals surface area contributed by atoms with Crippen molar-refractivity contribution in [1.82, 2.24) is 25.2 Å². The smallest absolute Gasteiger partial charge is 0.251 e. The zero-order chi connectivity index (χ0) is 24.9. The molecule has 7 nitrogen and oxygen atoms in total. The molecule has 2 aromatic heterocycles. The molecular weight excluding hydrogens is 472 g/mol. The molecule has 1 aliphatic heterocycles. The Bertz CT molecular complexity index is 1150. The zero-order valence-corrected chi connectivity index (χ0v) is 20.8. The lowest BCUT2D eigenvalue weighted by molar-refractivity contribution is 0.0478. The van der Waals surface area contributed by atoms with Gasteiger partial charge in [0.2, 0.25) is 0 Å². The molecule has 35 heavy (non-hydrogen) atoms. The summed E-state index contributed by atoms with van der Waals surface area (Å²) in [5.41, 5.74) is 2.07. The molecule has 0 spiro atoms. The summed E-state index contributed by atoms with van der Waals surface area (Å²) in [7, 11) is 0. The minimum Gasteiger partial charge on any atom is -0.490 e. The highest BCUT2D eigenvalue weighted by Crippen LogP contribution is 2.31. The Balaban J connectivity index is 1.52. The summed E-state index contributed by atoms with van der Waals surface area (Å²) in [5, 5.41) is 3.80. The Morgan fingerprint density at radius 2 is 1.86 bits per heavy atom. The van der Waals surface area contributed by atoms with Gasteiger partial charge in [0.05, 0.1) is 12.6 Å². The van der Waals surface area contributed by atoms with Crippen LogP contribution in [0.3, 0.4) is 0 Å². The minimum absolute atomic E-state index is 0.100. The van der Waals surface area contributed by atoms with E-state index in [9.17, 15) is 13.6 Å². The maximum atomic E-state index is 13.2. The van der Waals surface area contributed by atoms with E-state index < -0.39 is 6.43 Å². The molecule has 0 aliphatic carbocycles. The van der Waals surface area contributed by atoms with Crippen LogP contribution in [0, 0.1) is 13.8 Å². The van der Waals surface area contributed by atoms with Gasteiger partial charge in [-0.2, -0.15) is 0 Å². The van der Waals surface area contributed by atoms with Crippen LogP contribution in [0.1, 0.15) is 52.4 Å². The summed E-state index contributed by atoms with van der Waals surface area (Å²) in [4.78, 5) is 28.9. The van der Waals surface area contributed by atoms with Crippen molar-refractivity contribution in [2.45, 2.75) is 52.2 Å². The zero-order valence-electron chi connectivity index (χ0n) is 20.0. The van der Waals surface area contributed by atoms with Gasteiger partial charge in [-0.1, -0.05) is 0 Å². The summed E-state index contributed by atoms with van der Waals surface area (Å²) in [5.74, 6) is 0.990. The van der Waals surface area contributed by atoms with E-state index in [1.165, 1.54) is 0 Å². The summed E-state index contributed by atoms with van der Waals surface area (Å²) in [6.45, 7) is 6.58. The average molecular weight is 502 g/mol. The van der Waals surface area contributed by atoms with Crippen molar-refractivity contribution < 1.29 is 18.3 Å². The topological polar surface area (TPSA) is 80.2 Å². The number of carbonyl (C=O) groups is 1. The van der Waals surface area contributed by atoms with Gasteiger partial charge in [0, 0.05) is 53.2 Å². The van der Waals surface area contributed by atoms with Gasteiger partial charge in [0.1, 0.15) is 22.7 Å². The highest BCUT2D eigenvalue weighted by Gasteiger charge is 2.23. The molecule has 1 amide bonds. The van der Waals surface area contributed by atoms with Gasteiger partial charge in [0.25, 0.3) is 12.3 Å². The molecule has 1 aliphatic rings. The molecule has 10 heteroatoms. The van der Waals surface area contributed by atoms with Gasteiger partial charge in [-0.25, -0.2) is 23.7 Å². The van der Waals surface area contributed by atoms with E-state index in [2.05, 4.69) is 20.3 Å². The first-order chi connectivity index (χ1) is 16.8. The minimum atomic E-state index is -2.33. The molecule has 0 radical (unpaired) electrons. The van der Waals surface area contributed by atoms with Crippen LogP contribution < -0.4 is 10.1 Å². The second-order valence-electron chi connectivity index (χ2n) is 8.79. The summed E-state index contributed by atoms with van der Waals surface area (Å²) < 4.78 is 31.6. The Morgan fingerprint density at radius 1 is 1.14 bits per heavy atom. The van der Waals surface area contributed by atoms with Crippen molar-refractivity contribution in [1.29, 1.82) is 0 Å². The first-order valence-electron chi connectivity index (χ1n) is 11.6. The number of alkyl halides is 2. The molecular formula is C25H29F2N5O2S. The molecule has 1 N–H and O–H groups in total. The predicted octanol–water partition coefficient (Wildman–Crippen LogP) is 4.82. The quantitative estimate of drug-likeness (QED) is 0.477. The number of likely N-dealkylation sites (tertiary alicyclic amines) is 1. The largest absolute Gasteiger partial charge is 0.490 e. The van der Waals surface area contributed by atoms with Crippen LogP contribution in [0.4, 0.5) is 8.78 Å². The molecule has 3 heterocycles. The second-order valence-corrected chi connectivity index (χ2v) is 10.0. The number of aryl methyl sites for hydroxylation is 2. The summed E-state index contributed by atoms with van der Waals surface area (Å²) in [6.07, 6.45) is 4.08. The maximum absolute atomic E-state index is 13.2. The number of halogens is 2. The monoisotopic (exact) mass is 501 g/mol. The van der Waals surface area contributed by atoms with Gasteiger partial charge in [-0.3, -0.25) is 9.69 Å². The molecule has 186 valence electrons.